The quantitative estimate of drug-likeness (QED) is 0.0989. The normalized spacial score (nSPS) is 12.4. The summed E-state index contributed by atoms with van der Waals surface area (Å²) < 4.78 is 31.7. The molecule has 0 saturated heterocycles. The van der Waals surface area contributed by atoms with Gasteiger partial charge in [0.05, 0.1) is 0 Å². The van der Waals surface area contributed by atoms with Crippen LogP contribution in [0.3, 0.4) is 0 Å². The molecule has 0 aliphatic rings. The zero-order valence-corrected chi connectivity index (χ0v) is 16.1. The standard InChI is InChI=1S/C14H25N7O2.C2HF3O2/c15-8-7-11-4-1-2-6-13(11)19-10-12(16)5-3-9-18-14(17)20-21(22)23;3-2(4,5)1(6)7/h1-2,4,6,12,19H,3,5,7-10,15-16H2,(H3,17,18,20);(H,6,7)/t12-;/m0./s1. The lowest BCUT2D eigenvalue weighted by molar-refractivity contribution is -0.525. The zero-order valence-electron chi connectivity index (χ0n) is 16.1. The van der Waals surface area contributed by atoms with Crippen LogP contribution in [-0.4, -0.2) is 53.9 Å². The van der Waals surface area contributed by atoms with Crippen LogP contribution in [0, 0.1) is 10.1 Å². The summed E-state index contributed by atoms with van der Waals surface area (Å²) in [6, 6.07) is 7.96. The van der Waals surface area contributed by atoms with Crippen molar-refractivity contribution in [2.45, 2.75) is 31.5 Å². The highest BCUT2D eigenvalue weighted by atomic mass is 19.4. The van der Waals surface area contributed by atoms with E-state index in [0.717, 1.165) is 18.5 Å². The molecule has 0 aliphatic heterocycles. The summed E-state index contributed by atoms with van der Waals surface area (Å²) >= 11 is 0. The number of guanidine groups is 1. The molecule has 0 heterocycles. The molecular formula is C16H26F3N7O4. The van der Waals surface area contributed by atoms with Crippen molar-refractivity contribution < 1.29 is 28.1 Å². The van der Waals surface area contributed by atoms with E-state index in [2.05, 4.69) is 10.3 Å². The fraction of sp³-hybridized carbons (Fsp3) is 0.500. The van der Waals surface area contributed by atoms with Crippen LogP contribution in [0.2, 0.25) is 0 Å². The number of nitrogens with zero attached hydrogens (tertiary/aromatic N) is 2. The summed E-state index contributed by atoms with van der Waals surface area (Å²) in [5.41, 5.74) is 21.0. The highest BCUT2D eigenvalue weighted by Gasteiger charge is 2.38. The number of hydrazine groups is 1. The van der Waals surface area contributed by atoms with Crippen molar-refractivity contribution in [3.8, 4) is 0 Å². The maximum absolute atomic E-state index is 10.6. The molecule has 1 aromatic carbocycles. The van der Waals surface area contributed by atoms with E-state index in [1.165, 1.54) is 5.56 Å². The number of aliphatic imine (C=N–C) groups is 1. The molecular weight excluding hydrogens is 411 g/mol. The summed E-state index contributed by atoms with van der Waals surface area (Å²) in [5, 5.41) is 19.9. The molecule has 9 N–H and O–H groups in total. The van der Waals surface area contributed by atoms with Gasteiger partial charge in [0.1, 0.15) is 0 Å². The Morgan fingerprint density at radius 1 is 1.33 bits per heavy atom. The Morgan fingerprint density at radius 3 is 2.47 bits per heavy atom. The van der Waals surface area contributed by atoms with Crippen LogP contribution in [0.4, 0.5) is 18.9 Å². The number of carboxylic acids is 1. The van der Waals surface area contributed by atoms with Gasteiger partial charge in [0.2, 0.25) is 0 Å². The second-order valence-electron chi connectivity index (χ2n) is 5.92. The molecule has 0 amide bonds. The fourth-order valence-electron chi connectivity index (χ4n) is 2.09. The van der Waals surface area contributed by atoms with E-state index in [1.807, 2.05) is 24.3 Å². The number of nitrogens with two attached hydrogens (primary N) is 3. The van der Waals surface area contributed by atoms with E-state index in [-0.39, 0.29) is 12.0 Å². The minimum atomic E-state index is -5.08. The predicted molar refractivity (Wildman–Crippen MR) is 105 cm³/mol. The number of carboxylic acid groups (broad SMARTS) is 1. The number of alkyl halides is 3. The van der Waals surface area contributed by atoms with Crippen molar-refractivity contribution in [3.05, 3.63) is 39.9 Å². The van der Waals surface area contributed by atoms with E-state index in [9.17, 15) is 23.3 Å². The Hall–Kier alpha value is -3.13. The number of anilines is 1. The van der Waals surface area contributed by atoms with Crippen molar-refractivity contribution in [1.29, 1.82) is 0 Å². The van der Waals surface area contributed by atoms with Gasteiger partial charge < -0.3 is 27.6 Å². The van der Waals surface area contributed by atoms with Gasteiger partial charge in [-0.2, -0.15) is 13.2 Å². The van der Waals surface area contributed by atoms with Gasteiger partial charge in [-0.3, -0.25) is 0 Å². The molecule has 0 bridgehead atoms. The number of halogens is 3. The molecule has 11 nitrogen and oxygen atoms in total. The van der Waals surface area contributed by atoms with E-state index >= 15 is 0 Å². The van der Waals surface area contributed by atoms with E-state index in [1.54, 1.807) is 5.43 Å². The molecule has 1 rings (SSSR count). The SMILES string of the molecule is NCCc1ccccc1NC[C@@H](N)CCCN=C(N)N[N+](=O)[O-].O=C(O)C(F)(F)F. The molecule has 14 heteroatoms. The van der Waals surface area contributed by atoms with Gasteiger partial charge in [0, 0.05) is 24.8 Å². The van der Waals surface area contributed by atoms with Crippen LogP contribution in [0.25, 0.3) is 0 Å². The molecule has 1 aromatic rings. The number of hydrogen-bond donors (Lipinski definition) is 6. The average Bonchev–Trinajstić information content (AvgIpc) is 2.64. The molecule has 0 spiro atoms. The minimum Gasteiger partial charge on any atom is -0.475 e. The summed E-state index contributed by atoms with van der Waals surface area (Å²) in [6.07, 6.45) is -2.83. The van der Waals surface area contributed by atoms with Crippen molar-refractivity contribution in [1.82, 2.24) is 5.43 Å². The van der Waals surface area contributed by atoms with Crippen molar-refractivity contribution in [2.75, 3.05) is 25.0 Å². The van der Waals surface area contributed by atoms with Crippen LogP contribution in [-0.2, 0) is 11.2 Å². The molecule has 0 fully saturated rings. The van der Waals surface area contributed by atoms with Crippen molar-refractivity contribution in [2.24, 2.45) is 22.2 Å². The summed E-state index contributed by atoms with van der Waals surface area (Å²) in [7, 11) is 0. The fourth-order valence-corrected chi connectivity index (χ4v) is 2.09. The average molecular weight is 437 g/mol. The van der Waals surface area contributed by atoms with Crippen LogP contribution in [0.5, 0.6) is 0 Å². The molecule has 0 saturated carbocycles. The van der Waals surface area contributed by atoms with E-state index in [0.29, 0.717) is 26.1 Å². The van der Waals surface area contributed by atoms with Crippen LogP contribution >= 0.6 is 0 Å². The van der Waals surface area contributed by atoms with Gasteiger partial charge in [-0.1, -0.05) is 23.6 Å². The first-order chi connectivity index (χ1) is 14.0. The predicted octanol–water partition coefficient (Wildman–Crippen LogP) is 0.437. The number of nitro groups is 1. The number of aliphatic carboxylic acids is 1. The molecule has 0 aliphatic carbocycles. The lowest BCUT2D eigenvalue weighted by Crippen LogP contribution is -2.36. The highest BCUT2D eigenvalue weighted by Crippen LogP contribution is 2.15. The monoisotopic (exact) mass is 437 g/mol. The van der Waals surface area contributed by atoms with Crippen LogP contribution < -0.4 is 27.9 Å². The number of rotatable bonds is 10. The molecule has 0 aromatic heterocycles. The molecule has 170 valence electrons. The highest BCUT2D eigenvalue weighted by molar-refractivity contribution is 5.76. The second-order valence-corrected chi connectivity index (χ2v) is 5.92. The van der Waals surface area contributed by atoms with Gasteiger partial charge >= 0.3 is 12.1 Å². The number of nitrogens with one attached hydrogen (secondary N) is 2. The Bertz CT molecular complexity index is 702. The maximum atomic E-state index is 10.6. The first kappa shape index (κ1) is 26.9. The molecule has 1 atom stereocenters. The van der Waals surface area contributed by atoms with Gasteiger partial charge in [-0.15, -0.1) is 0 Å². The number of carbonyl (C=O) groups is 1. The van der Waals surface area contributed by atoms with Crippen LogP contribution in [0.15, 0.2) is 29.3 Å². The number of hydrogen-bond acceptors (Lipinski definition) is 7. The van der Waals surface area contributed by atoms with Gasteiger partial charge in [-0.25, -0.2) is 19.9 Å². The van der Waals surface area contributed by atoms with Crippen LogP contribution in [0.1, 0.15) is 18.4 Å². The lowest BCUT2D eigenvalue weighted by Gasteiger charge is -2.15. The van der Waals surface area contributed by atoms with Crippen molar-refractivity contribution in [3.63, 3.8) is 0 Å². The second kappa shape index (κ2) is 13.9. The first-order valence-corrected chi connectivity index (χ1v) is 8.75. The first-order valence-electron chi connectivity index (χ1n) is 8.75. The third-order valence-corrected chi connectivity index (χ3v) is 3.45. The Balaban J connectivity index is 0.00000103. The maximum Gasteiger partial charge on any atom is 0.490 e. The van der Waals surface area contributed by atoms with Gasteiger partial charge in [0.25, 0.3) is 5.96 Å². The summed E-state index contributed by atoms with van der Waals surface area (Å²) in [6.45, 7) is 1.63. The minimum absolute atomic E-state index is 0.0409. The van der Waals surface area contributed by atoms with Crippen molar-refractivity contribution >= 4 is 17.6 Å². The number of benzene rings is 1. The number of para-hydroxylation sites is 1. The third-order valence-electron chi connectivity index (χ3n) is 3.45. The van der Waals surface area contributed by atoms with E-state index < -0.39 is 17.2 Å². The smallest absolute Gasteiger partial charge is 0.475 e. The zero-order chi connectivity index (χ0) is 23.2. The largest absolute Gasteiger partial charge is 0.490 e. The Labute approximate surface area is 170 Å². The third kappa shape index (κ3) is 13.1. The summed E-state index contributed by atoms with van der Waals surface area (Å²) in [4.78, 5) is 22.9. The molecule has 0 unspecified atom stereocenters. The summed E-state index contributed by atoms with van der Waals surface area (Å²) in [5.74, 6) is -2.95. The van der Waals surface area contributed by atoms with Gasteiger partial charge in [0.15, 0.2) is 5.03 Å². The lowest BCUT2D eigenvalue weighted by atomic mass is 10.1. The topological polar surface area (TPSA) is 195 Å². The molecule has 0 radical (unpaired) electrons. The van der Waals surface area contributed by atoms with E-state index in [4.69, 9.17) is 27.1 Å². The Morgan fingerprint density at radius 2 is 1.93 bits per heavy atom. The Kier molecular flexibility index (Phi) is 12.5. The molecule has 30 heavy (non-hydrogen) atoms. The van der Waals surface area contributed by atoms with Gasteiger partial charge in [-0.05, 0) is 37.4 Å².